The van der Waals surface area contributed by atoms with Gasteiger partial charge in [-0.3, -0.25) is 9.69 Å². The molecule has 0 bridgehead atoms. The third-order valence-electron chi connectivity index (χ3n) is 4.90. The smallest absolute Gasteiger partial charge is 0.231 e. The third kappa shape index (κ3) is 3.33. The van der Waals surface area contributed by atoms with Crippen LogP contribution in [0.25, 0.3) is 0 Å². The van der Waals surface area contributed by atoms with E-state index in [0.717, 1.165) is 11.1 Å². The van der Waals surface area contributed by atoms with Gasteiger partial charge in [-0.25, -0.2) is 4.68 Å². The molecule has 138 valence electrons. The normalized spacial score (nSPS) is 19.0. The molecule has 27 heavy (non-hydrogen) atoms. The van der Waals surface area contributed by atoms with Gasteiger partial charge in [0.2, 0.25) is 11.9 Å². The Hall–Kier alpha value is -2.37. The number of nitrogens with zero attached hydrogens (tertiary/aromatic N) is 4. The topological polar surface area (TPSA) is 51.0 Å². The van der Waals surface area contributed by atoms with Gasteiger partial charge in [-0.05, 0) is 41.8 Å². The monoisotopic (exact) mass is 400 g/mol. The molecule has 0 N–H and O–H groups in total. The van der Waals surface area contributed by atoms with Gasteiger partial charge in [0.1, 0.15) is 6.33 Å². The summed E-state index contributed by atoms with van der Waals surface area (Å²) >= 11 is 12.1. The molecule has 2 heterocycles. The molecule has 0 radical (unpaired) electrons. The van der Waals surface area contributed by atoms with Crippen molar-refractivity contribution in [1.29, 1.82) is 0 Å². The molecule has 0 spiro atoms. The minimum Gasteiger partial charge on any atom is -0.274 e. The van der Waals surface area contributed by atoms with Crippen molar-refractivity contribution in [1.82, 2.24) is 14.8 Å². The zero-order valence-electron chi connectivity index (χ0n) is 14.7. The van der Waals surface area contributed by atoms with Gasteiger partial charge in [0.05, 0.1) is 12.1 Å². The van der Waals surface area contributed by atoms with E-state index >= 15 is 0 Å². The summed E-state index contributed by atoms with van der Waals surface area (Å²) in [7, 11) is 0. The first-order valence-electron chi connectivity index (χ1n) is 8.81. The summed E-state index contributed by atoms with van der Waals surface area (Å²) in [5, 5.41) is 5.76. The highest BCUT2D eigenvalue weighted by molar-refractivity contribution is 6.30. The lowest BCUT2D eigenvalue weighted by Crippen LogP contribution is -2.42. The van der Waals surface area contributed by atoms with Crippen LogP contribution >= 0.6 is 23.2 Å². The minimum absolute atomic E-state index is 0.0127. The molecular weight excluding hydrogens is 383 g/mol. The van der Waals surface area contributed by atoms with Crippen LogP contribution in [0.4, 0.5) is 5.95 Å². The van der Waals surface area contributed by atoms with Crippen LogP contribution < -0.4 is 4.90 Å². The molecule has 0 fully saturated rings. The van der Waals surface area contributed by atoms with E-state index in [4.69, 9.17) is 23.2 Å². The van der Waals surface area contributed by atoms with Gasteiger partial charge < -0.3 is 0 Å². The quantitative estimate of drug-likeness (QED) is 0.616. The molecule has 2 unspecified atom stereocenters. The average molecular weight is 401 g/mol. The van der Waals surface area contributed by atoms with Crippen LogP contribution in [-0.4, -0.2) is 20.7 Å². The molecule has 0 saturated heterocycles. The van der Waals surface area contributed by atoms with E-state index in [9.17, 15) is 4.79 Å². The van der Waals surface area contributed by atoms with Crippen LogP contribution in [0, 0.1) is 0 Å². The maximum absolute atomic E-state index is 12.8. The molecule has 1 aromatic heterocycles. The Bertz CT molecular complexity index is 953. The molecule has 4 rings (SSSR count). The largest absolute Gasteiger partial charge is 0.274 e. The Morgan fingerprint density at radius 1 is 1.00 bits per heavy atom. The number of halogens is 2. The van der Waals surface area contributed by atoms with Crippen molar-refractivity contribution in [3.05, 3.63) is 76.0 Å². The van der Waals surface area contributed by atoms with Crippen molar-refractivity contribution >= 4 is 35.1 Å². The van der Waals surface area contributed by atoms with Gasteiger partial charge in [0.15, 0.2) is 0 Å². The number of rotatable bonds is 3. The second-order valence-electron chi connectivity index (χ2n) is 6.49. The first kappa shape index (κ1) is 18.0. The molecule has 1 aliphatic rings. The van der Waals surface area contributed by atoms with Crippen LogP contribution in [0.2, 0.25) is 10.0 Å². The number of benzene rings is 2. The molecular formula is C20H18Cl2N4O. The van der Waals surface area contributed by atoms with Gasteiger partial charge in [0.25, 0.3) is 0 Å². The highest BCUT2D eigenvalue weighted by atomic mass is 35.5. The maximum atomic E-state index is 12.8. The average Bonchev–Trinajstić information content (AvgIpc) is 3.17. The molecule has 1 amide bonds. The third-order valence-corrected chi connectivity index (χ3v) is 5.41. The number of fused-ring (bicyclic) bond motifs is 1. The number of anilines is 1. The van der Waals surface area contributed by atoms with Crippen molar-refractivity contribution < 1.29 is 4.79 Å². The maximum Gasteiger partial charge on any atom is 0.231 e. The van der Waals surface area contributed by atoms with Crippen LogP contribution in [0.15, 0.2) is 54.9 Å². The predicted molar refractivity (Wildman–Crippen MR) is 106 cm³/mol. The number of hydrogen-bond donors (Lipinski definition) is 0. The van der Waals surface area contributed by atoms with Gasteiger partial charge in [-0.15, -0.1) is 0 Å². The number of amides is 1. The summed E-state index contributed by atoms with van der Waals surface area (Å²) < 4.78 is 1.82. The van der Waals surface area contributed by atoms with E-state index in [1.54, 1.807) is 4.90 Å². The second-order valence-corrected chi connectivity index (χ2v) is 7.37. The van der Waals surface area contributed by atoms with Crippen molar-refractivity contribution in [2.75, 3.05) is 4.90 Å². The fraction of sp³-hybridized carbons (Fsp3) is 0.250. The standard InChI is InChI=1S/C20H18Cl2N4O/c1-2-19(27)25-17(13-3-7-15(21)8-4-13)11-18(26-20(25)23-12-24-26)14-5-9-16(22)10-6-14/h3-10,12,17-18H,2,11H2,1H3. The molecule has 0 aliphatic carbocycles. The van der Waals surface area contributed by atoms with Gasteiger partial charge in [-0.1, -0.05) is 54.4 Å². The summed E-state index contributed by atoms with van der Waals surface area (Å²) in [5.41, 5.74) is 2.10. The van der Waals surface area contributed by atoms with Crippen LogP contribution in [-0.2, 0) is 4.79 Å². The fourth-order valence-electron chi connectivity index (χ4n) is 3.58. The van der Waals surface area contributed by atoms with Crippen molar-refractivity contribution in [2.45, 2.75) is 31.8 Å². The van der Waals surface area contributed by atoms with Crippen molar-refractivity contribution in [2.24, 2.45) is 0 Å². The van der Waals surface area contributed by atoms with Crippen molar-refractivity contribution in [3.8, 4) is 0 Å². The van der Waals surface area contributed by atoms with Gasteiger partial charge in [-0.2, -0.15) is 10.1 Å². The second kappa shape index (κ2) is 7.33. The van der Waals surface area contributed by atoms with E-state index in [1.165, 1.54) is 6.33 Å². The first-order valence-corrected chi connectivity index (χ1v) is 9.56. The SMILES string of the molecule is CCC(=O)N1c2ncnn2C(c2ccc(Cl)cc2)CC1c1ccc(Cl)cc1. The Morgan fingerprint density at radius 2 is 1.56 bits per heavy atom. The molecule has 0 saturated carbocycles. The van der Waals surface area contributed by atoms with Crippen LogP contribution in [0.1, 0.15) is 43.0 Å². The molecule has 7 heteroatoms. The predicted octanol–water partition coefficient (Wildman–Crippen LogP) is 5.06. The molecule has 2 atom stereocenters. The van der Waals surface area contributed by atoms with Gasteiger partial charge >= 0.3 is 0 Å². The van der Waals surface area contributed by atoms with Gasteiger partial charge in [0, 0.05) is 16.5 Å². The van der Waals surface area contributed by atoms with E-state index < -0.39 is 0 Å². The van der Waals surface area contributed by atoms with Crippen molar-refractivity contribution in [3.63, 3.8) is 0 Å². The summed E-state index contributed by atoms with van der Waals surface area (Å²) in [6.07, 6.45) is 2.58. The number of hydrogen-bond acceptors (Lipinski definition) is 3. The Kier molecular flexibility index (Phi) is 4.89. The molecule has 1 aliphatic heterocycles. The number of aromatic nitrogens is 3. The van der Waals surface area contributed by atoms with E-state index in [1.807, 2.05) is 60.1 Å². The zero-order valence-corrected chi connectivity index (χ0v) is 16.2. The highest BCUT2D eigenvalue weighted by Crippen LogP contribution is 2.42. The zero-order chi connectivity index (χ0) is 19.0. The summed E-state index contributed by atoms with van der Waals surface area (Å²) in [5.74, 6) is 0.576. The lowest BCUT2D eigenvalue weighted by atomic mass is 9.92. The summed E-state index contributed by atoms with van der Waals surface area (Å²) in [4.78, 5) is 18.9. The molecule has 2 aromatic carbocycles. The van der Waals surface area contributed by atoms with E-state index in [2.05, 4.69) is 10.1 Å². The summed E-state index contributed by atoms with van der Waals surface area (Å²) in [6.45, 7) is 1.85. The summed E-state index contributed by atoms with van der Waals surface area (Å²) in [6, 6.07) is 15.2. The number of carbonyl (C=O) groups is 1. The highest BCUT2D eigenvalue weighted by Gasteiger charge is 2.38. The number of carbonyl (C=O) groups excluding carboxylic acids is 1. The lowest BCUT2D eigenvalue weighted by Gasteiger charge is -2.39. The Balaban J connectivity index is 1.83. The van der Waals surface area contributed by atoms with E-state index in [-0.39, 0.29) is 18.0 Å². The molecule has 5 nitrogen and oxygen atoms in total. The molecule has 3 aromatic rings. The lowest BCUT2D eigenvalue weighted by molar-refractivity contribution is -0.119. The first-order chi connectivity index (χ1) is 13.1. The fourth-order valence-corrected chi connectivity index (χ4v) is 3.83. The van der Waals surface area contributed by atoms with E-state index in [0.29, 0.717) is 28.8 Å². The van der Waals surface area contributed by atoms with Crippen LogP contribution in [0.5, 0.6) is 0 Å². The van der Waals surface area contributed by atoms with Crippen LogP contribution in [0.3, 0.4) is 0 Å². The minimum atomic E-state index is -0.146. The Labute approximate surface area is 167 Å². The Morgan fingerprint density at radius 3 is 2.11 bits per heavy atom.